The predicted octanol–water partition coefficient (Wildman–Crippen LogP) is 3.87. The van der Waals surface area contributed by atoms with Gasteiger partial charge in [-0.15, -0.1) is 0 Å². The number of aryl methyl sites for hydroxylation is 3. The van der Waals surface area contributed by atoms with Crippen molar-refractivity contribution in [2.45, 2.75) is 46.6 Å². The molecule has 0 spiro atoms. The van der Waals surface area contributed by atoms with Gasteiger partial charge in [0.05, 0.1) is 17.3 Å². The first kappa shape index (κ1) is 27.9. The Kier molecular flexibility index (Phi) is 9.07. The van der Waals surface area contributed by atoms with Gasteiger partial charge in [0.2, 0.25) is 12.8 Å². The molecule has 5 rings (SSSR count). The van der Waals surface area contributed by atoms with Crippen LogP contribution in [0.2, 0.25) is 0 Å². The fourth-order valence-corrected chi connectivity index (χ4v) is 4.18. The molecule has 1 fully saturated rings. The van der Waals surface area contributed by atoms with E-state index in [0.717, 1.165) is 58.5 Å². The maximum atomic E-state index is 11.2. The zero-order valence-corrected chi connectivity index (χ0v) is 22.5. The van der Waals surface area contributed by atoms with Crippen molar-refractivity contribution in [1.29, 1.82) is 0 Å². The lowest BCUT2D eigenvalue weighted by atomic mass is 10.1. The molecule has 4 heterocycles. The number of likely N-dealkylation sites (tertiary alicyclic amines) is 1. The monoisotopic (exact) mass is 507 g/mol. The normalized spacial score (nSPS) is 16.7. The third-order valence-corrected chi connectivity index (χ3v) is 6.46. The van der Waals surface area contributed by atoms with Crippen molar-refractivity contribution in [3.63, 3.8) is 0 Å². The molecule has 1 aliphatic rings. The molecule has 0 aliphatic carbocycles. The van der Waals surface area contributed by atoms with Crippen molar-refractivity contribution in [1.82, 2.24) is 24.4 Å². The number of β-amino-alcohol motifs (C(OH)–C–C–N with tert-alkyl or cyclic N) is 1. The van der Waals surface area contributed by atoms with Crippen LogP contribution in [0.25, 0.3) is 16.4 Å². The van der Waals surface area contributed by atoms with Gasteiger partial charge in [0.1, 0.15) is 11.3 Å². The van der Waals surface area contributed by atoms with Crippen molar-refractivity contribution in [3.05, 3.63) is 59.5 Å². The molecule has 1 unspecified atom stereocenters. The fraction of sp³-hybridized carbons (Fsp3) is 0.393. The zero-order valence-electron chi connectivity index (χ0n) is 22.5. The second kappa shape index (κ2) is 12.0. The Balaban J connectivity index is 0.000000243. The number of benzene rings is 1. The third kappa shape index (κ3) is 6.55. The largest absolute Gasteiger partial charge is 0.455 e. The quantitative estimate of drug-likeness (QED) is 0.398. The molecule has 3 aromatic heterocycles. The molecule has 198 valence electrons. The molecule has 4 aromatic rings. The Hall–Kier alpha value is -3.69. The molecule has 0 bridgehead atoms. The standard InChI is InChI=1S/C19H17N3O2.C6H11NO2.C3H9N/c1-12-10-22-19(14(12)3)18(6-7-20-22)24-16-4-5-17-15(9-16)8-13(2)21(17)11-23;1-6(9)2-3-7(4-6)5-8;1-3-4-2/h4-11H,1-3H3;5,9H,2-4H2,1H3;4H,3H2,1-2H3. The zero-order chi connectivity index (χ0) is 27.2. The number of hydrogen-bond donors (Lipinski definition) is 2. The highest BCUT2D eigenvalue weighted by Gasteiger charge is 2.30. The second-order valence-electron chi connectivity index (χ2n) is 9.54. The van der Waals surface area contributed by atoms with E-state index in [0.29, 0.717) is 19.5 Å². The maximum absolute atomic E-state index is 11.2. The Morgan fingerprint density at radius 2 is 1.89 bits per heavy atom. The van der Waals surface area contributed by atoms with E-state index in [1.165, 1.54) is 5.56 Å². The van der Waals surface area contributed by atoms with Crippen LogP contribution in [0.5, 0.6) is 11.5 Å². The number of amides is 1. The van der Waals surface area contributed by atoms with Crippen molar-refractivity contribution < 1.29 is 19.4 Å². The second-order valence-corrected chi connectivity index (χ2v) is 9.54. The number of fused-ring (bicyclic) bond motifs is 2. The van der Waals surface area contributed by atoms with Gasteiger partial charge in [0.15, 0.2) is 5.75 Å². The van der Waals surface area contributed by atoms with E-state index < -0.39 is 5.60 Å². The number of ether oxygens (including phenoxy) is 1. The molecule has 9 heteroatoms. The van der Waals surface area contributed by atoms with Gasteiger partial charge in [0, 0.05) is 36.4 Å². The number of hydrogen-bond acceptors (Lipinski definition) is 6. The highest BCUT2D eigenvalue weighted by molar-refractivity contribution is 5.88. The molecule has 9 nitrogen and oxygen atoms in total. The summed E-state index contributed by atoms with van der Waals surface area (Å²) < 4.78 is 9.59. The lowest BCUT2D eigenvalue weighted by Gasteiger charge is -2.14. The average Bonchev–Trinajstić information content (AvgIpc) is 3.50. The summed E-state index contributed by atoms with van der Waals surface area (Å²) in [5.41, 5.74) is 4.44. The Labute approximate surface area is 217 Å². The summed E-state index contributed by atoms with van der Waals surface area (Å²) in [6, 6.07) is 9.58. The summed E-state index contributed by atoms with van der Waals surface area (Å²) in [7, 11) is 1.93. The first-order valence-electron chi connectivity index (χ1n) is 12.4. The lowest BCUT2D eigenvalue weighted by molar-refractivity contribution is -0.118. The van der Waals surface area contributed by atoms with E-state index in [1.54, 1.807) is 22.6 Å². The van der Waals surface area contributed by atoms with Crippen LogP contribution in [0.15, 0.2) is 42.7 Å². The molecule has 0 radical (unpaired) electrons. The lowest BCUT2D eigenvalue weighted by Crippen LogP contribution is -2.28. The van der Waals surface area contributed by atoms with E-state index in [-0.39, 0.29) is 0 Å². The van der Waals surface area contributed by atoms with Gasteiger partial charge >= 0.3 is 0 Å². The van der Waals surface area contributed by atoms with Crippen molar-refractivity contribution in [2.75, 3.05) is 26.7 Å². The molecule has 37 heavy (non-hydrogen) atoms. The molecular formula is C28H37N5O4. The SMILES string of the molecule is CC1(O)CCN(C=O)C1.CCNC.Cc1cn2nccc(Oc3ccc4c(c3)cc(C)n4C=O)c2c1C. The Bertz CT molecular complexity index is 1370. The van der Waals surface area contributed by atoms with E-state index in [9.17, 15) is 14.7 Å². The Morgan fingerprint density at radius 3 is 2.46 bits per heavy atom. The molecule has 0 saturated carbocycles. The summed E-state index contributed by atoms with van der Waals surface area (Å²) >= 11 is 0. The summed E-state index contributed by atoms with van der Waals surface area (Å²) in [6.45, 7) is 12.1. The minimum absolute atomic E-state index is 0.483. The van der Waals surface area contributed by atoms with Crippen molar-refractivity contribution in [3.8, 4) is 11.5 Å². The van der Waals surface area contributed by atoms with Gasteiger partial charge in [-0.25, -0.2) is 4.52 Å². The molecule has 1 saturated heterocycles. The van der Waals surface area contributed by atoms with Crippen LogP contribution in [0.1, 0.15) is 37.1 Å². The van der Waals surface area contributed by atoms with Gasteiger partial charge in [-0.05, 0) is 83.1 Å². The van der Waals surface area contributed by atoms with Crippen LogP contribution in [0.3, 0.4) is 0 Å². The van der Waals surface area contributed by atoms with Gasteiger partial charge in [0.25, 0.3) is 0 Å². The number of aliphatic hydroxyl groups is 1. The topological polar surface area (TPSA) is 101 Å². The van der Waals surface area contributed by atoms with E-state index in [1.807, 2.05) is 55.0 Å². The van der Waals surface area contributed by atoms with E-state index in [2.05, 4.69) is 31.2 Å². The van der Waals surface area contributed by atoms with Crippen LogP contribution in [-0.4, -0.2) is 69.3 Å². The molecular weight excluding hydrogens is 470 g/mol. The van der Waals surface area contributed by atoms with Crippen LogP contribution >= 0.6 is 0 Å². The third-order valence-electron chi connectivity index (χ3n) is 6.46. The maximum Gasteiger partial charge on any atom is 0.218 e. The van der Waals surface area contributed by atoms with Gasteiger partial charge in [-0.3, -0.25) is 14.2 Å². The number of rotatable bonds is 5. The van der Waals surface area contributed by atoms with Crippen LogP contribution in [0.4, 0.5) is 0 Å². The summed E-state index contributed by atoms with van der Waals surface area (Å²) in [5.74, 6) is 1.50. The first-order chi connectivity index (χ1) is 17.6. The summed E-state index contributed by atoms with van der Waals surface area (Å²) in [6.07, 6.45) is 6.03. The number of carbonyl (C=O) groups excluding carboxylic acids is 2. The molecule has 1 amide bonds. The molecule has 1 aromatic carbocycles. The number of carbonyl (C=O) groups is 2. The van der Waals surface area contributed by atoms with E-state index >= 15 is 0 Å². The molecule has 1 atom stereocenters. The predicted molar refractivity (Wildman–Crippen MR) is 146 cm³/mol. The van der Waals surface area contributed by atoms with Crippen molar-refractivity contribution in [2.24, 2.45) is 0 Å². The van der Waals surface area contributed by atoms with Crippen LogP contribution in [0, 0.1) is 20.8 Å². The van der Waals surface area contributed by atoms with Crippen molar-refractivity contribution >= 4 is 29.2 Å². The molecule has 1 aliphatic heterocycles. The highest BCUT2D eigenvalue weighted by atomic mass is 16.5. The first-order valence-corrected chi connectivity index (χ1v) is 12.4. The van der Waals surface area contributed by atoms with Crippen LogP contribution < -0.4 is 10.1 Å². The average molecular weight is 508 g/mol. The summed E-state index contributed by atoms with van der Waals surface area (Å²) in [4.78, 5) is 22.9. The smallest absolute Gasteiger partial charge is 0.218 e. The Morgan fingerprint density at radius 1 is 1.16 bits per heavy atom. The van der Waals surface area contributed by atoms with Gasteiger partial charge in [-0.1, -0.05) is 6.92 Å². The fourth-order valence-electron chi connectivity index (χ4n) is 4.18. The minimum Gasteiger partial charge on any atom is -0.455 e. The summed E-state index contributed by atoms with van der Waals surface area (Å²) in [5, 5.41) is 17.5. The van der Waals surface area contributed by atoms with Crippen LogP contribution in [-0.2, 0) is 9.59 Å². The number of nitrogens with zero attached hydrogens (tertiary/aromatic N) is 4. The van der Waals surface area contributed by atoms with Gasteiger partial charge in [-0.2, -0.15) is 5.10 Å². The highest BCUT2D eigenvalue weighted by Crippen LogP contribution is 2.32. The number of aromatic nitrogens is 3. The number of nitrogens with one attached hydrogen (secondary N) is 1. The molecule has 2 N–H and O–H groups in total. The minimum atomic E-state index is -0.638. The van der Waals surface area contributed by atoms with E-state index in [4.69, 9.17) is 4.74 Å². The van der Waals surface area contributed by atoms with Gasteiger partial charge < -0.3 is 20.1 Å².